The molecule has 30 heavy (non-hydrogen) atoms. The van der Waals surface area contributed by atoms with Crippen molar-refractivity contribution in [2.24, 2.45) is 0 Å². The largest absolute Gasteiger partial charge is 0.450 e. The molecule has 0 saturated heterocycles. The van der Waals surface area contributed by atoms with Gasteiger partial charge in [0.15, 0.2) is 5.76 Å². The van der Waals surface area contributed by atoms with Crippen LogP contribution >= 0.6 is 0 Å². The van der Waals surface area contributed by atoms with Crippen LogP contribution < -0.4 is 10.0 Å². The highest BCUT2D eigenvalue weighted by Gasteiger charge is 2.20. The van der Waals surface area contributed by atoms with E-state index in [-0.39, 0.29) is 29.4 Å². The SMILES string of the molecule is Cc1ccc(C)c2c(C)c(C(=O)NCCNS(=O)(=O)c3cccc([N+](=O)[O-])c3)oc12. The van der Waals surface area contributed by atoms with Crippen molar-refractivity contribution >= 4 is 32.6 Å². The summed E-state index contributed by atoms with van der Waals surface area (Å²) in [5, 5.41) is 14.3. The molecule has 158 valence electrons. The molecule has 0 unspecified atom stereocenters. The molecule has 0 aliphatic rings. The number of furan rings is 1. The Morgan fingerprint density at radius 3 is 2.47 bits per heavy atom. The number of fused-ring (bicyclic) bond motifs is 1. The molecule has 0 atom stereocenters. The van der Waals surface area contributed by atoms with Crippen molar-refractivity contribution in [2.45, 2.75) is 25.7 Å². The number of amides is 1. The number of benzene rings is 2. The van der Waals surface area contributed by atoms with Crippen molar-refractivity contribution < 1.29 is 22.6 Å². The van der Waals surface area contributed by atoms with Crippen LogP contribution in [0.4, 0.5) is 5.69 Å². The van der Waals surface area contributed by atoms with E-state index in [4.69, 9.17) is 4.42 Å². The second-order valence-electron chi connectivity index (χ2n) is 6.87. The minimum Gasteiger partial charge on any atom is -0.450 e. The molecule has 9 nitrogen and oxygen atoms in total. The van der Waals surface area contributed by atoms with Gasteiger partial charge >= 0.3 is 0 Å². The van der Waals surface area contributed by atoms with E-state index >= 15 is 0 Å². The van der Waals surface area contributed by atoms with Gasteiger partial charge in [-0.1, -0.05) is 18.2 Å². The number of nitrogens with one attached hydrogen (secondary N) is 2. The third kappa shape index (κ3) is 4.19. The van der Waals surface area contributed by atoms with Crippen LogP contribution in [0.3, 0.4) is 0 Å². The second-order valence-corrected chi connectivity index (χ2v) is 8.63. The zero-order chi connectivity index (χ0) is 22.1. The summed E-state index contributed by atoms with van der Waals surface area (Å²) in [4.78, 5) is 22.4. The third-order valence-electron chi connectivity index (χ3n) is 4.73. The highest BCUT2D eigenvalue weighted by Crippen LogP contribution is 2.30. The molecule has 3 rings (SSSR count). The molecule has 10 heteroatoms. The lowest BCUT2D eigenvalue weighted by molar-refractivity contribution is -0.385. The van der Waals surface area contributed by atoms with Crippen molar-refractivity contribution in [2.75, 3.05) is 13.1 Å². The average Bonchev–Trinajstić information content (AvgIpc) is 3.07. The Morgan fingerprint density at radius 1 is 1.10 bits per heavy atom. The number of rotatable bonds is 7. The van der Waals surface area contributed by atoms with Crippen LogP contribution in [0.2, 0.25) is 0 Å². The molecule has 0 aliphatic carbocycles. The fraction of sp³-hybridized carbons (Fsp3) is 0.250. The van der Waals surface area contributed by atoms with Gasteiger partial charge in [0.1, 0.15) is 5.58 Å². The van der Waals surface area contributed by atoms with E-state index in [1.165, 1.54) is 18.2 Å². The maximum absolute atomic E-state index is 12.5. The van der Waals surface area contributed by atoms with Crippen LogP contribution in [0.25, 0.3) is 11.0 Å². The van der Waals surface area contributed by atoms with Crippen LogP contribution in [0.15, 0.2) is 45.7 Å². The lowest BCUT2D eigenvalue weighted by atomic mass is 10.0. The maximum Gasteiger partial charge on any atom is 0.287 e. The van der Waals surface area contributed by atoms with E-state index < -0.39 is 20.9 Å². The first-order chi connectivity index (χ1) is 14.1. The highest BCUT2D eigenvalue weighted by atomic mass is 32.2. The molecule has 0 spiro atoms. The topological polar surface area (TPSA) is 132 Å². The summed E-state index contributed by atoms with van der Waals surface area (Å²) < 4.78 is 32.7. The van der Waals surface area contributed by atoms with Gasteiger partial charge < -0.3 is 9.73 Å². The number of nitro benzene ring substituents is 1. The summed E-state index contributed by atoms with van der Waals surface area (Å²) in [6.45, 7) is 5.57. The summed E-state index contributed by atoms with van der Waals surface area (Å²) in [6, 6.07) is 8.62. The van der Waals surface area contributed by atoms with Gasteiger partial charge in [-0.05, 0) is 38.0 Å². The van der Waals surface area contributed by atoms with Gasteiger partial charge in [-0.25, -0.2) is 13.1 Å². The summed E-state index contributed by atoms with van der Waals surface area (Å²) in [5.74, 6) is -0.263. The van der Waals surface area contributed by atoms with Crippen LogP contribution in [-0.4, -0.2) is 32.3 Å². The Balaban J connectivity index is 1.65. The van der Waals surface area contributed by atoms with Crippen LogP contribution in [0.5, 0.6) is 0 Å². The molecule has 2 aromatic carbocycles. The minimum atomic E-state index is -3.95. The lowest BCUT2D eigenvalue weighted by Crippen LogP contribution is -2.34. The number of non-ortho nitro benzene ring substituents is 1. The van der Waals surface area contributed by atoms with Crippen molar-refractivity contribution in [3.8, 4) is 0 Å². The Morgan fingerprint density at radius 2 is 1.80 bits per heavy atom. The molecule has 0 radical (unpaired) electrons. The van der Waals surface area contributed by atoms with Crippen molar-refractivity contribution in [3.63, 3.8) is 0 Å². The summed E-state index contributed by atoms with van der Waals surface area (Å²) in [7, 11) is -3.95. The predicted molar refractivity (Wildman–Crippen MR) is 111 cm³/mol. The predicted octanol–water partition coefficient (Wildman–Crippen LogP) is 2.97. The van der Waals surface area contributed by atoms with E-state index in [9.17, 15) is 23.3 Å². The smallest absolute Gasteiger partial charge is 0.287 e. The molecule has 1 amide bonds. The van der Waals surface area contributed by atoms with Crippen molar-refractivity contribution in [1.29, 1.82) is 0 Å². The van der Waals surface area contributed by atoms with Crippen molar-refractivity contribution in [3.05, 3.63) is 69.0 Å². The van der Waals surface area contributed by atoms with Crippen LogP contribution in [-0.2, 0) is 10.0 Å². The summed E-state index contributed by atoms with van der Waals surface area (Å²) >= 11 is 0. The number of nitrogens with zero attached hydrogens (tertiary/aromatic N) is 1. The highest BCUT2D eigenvalue weighted by molar-refractivity contribution is 7.89. The first kappa shape index (κ1) is 21.5. The van der Waals surface area contributed by atoms with Gasteiger partial charge in [0.2, 0.25) is 10.0 Å². The molecular formula is C20H21N3O6S. The molecule has 1 aromatic heterocycles. The Bertz CT molecular complexity index is 1250. The van der Waals surface area contributed by atoms with Crippen LogP contribution in [0, 0.1) is 30.9 Å². The molecule has 2 N–H and O–H groups in total. The maximum atomic E-state index is 12.5. The lowest BCUT2D eigenvalue weighted by Gasteiger charge is -2.07. The molecule has 0 bridgehead atoms. The summed E-state index contributed by atoms with van der Waals surface area (Å²) in [6.07, 6.45) is 0. The van der Waals surface area contributed by atoms with Gasteiger partial charge in [0.05, 0.1) is 9.82 Å². The van der Waals surface area contributed by atoms with Gasteiger partial charge in [0.25, 0.3) is 11.6 Å². The molecule has 0 fully saturated rings. The number of hydrogen-bond acceptors (Lipinski definition) is 6. The number of nitro groups is 1. The first-order valence-electron chi connectivity index (χ1n) is 9.13. The first-order valence-corrected chi connectivity index (χ1v) is 10.6. The van der Waals surface area contributed by atoms with Crippen LogP contribution in [0.1, 0.15) is 27.2 Å². The van der Waals surface area contributed by atoms with E-state index in [2.05, 4.69) is 10.0 Å². The minimum absolute atomic E-state index is 0.0153. The monoisotopic (exact) mass is 431 g/mol. The van der Waals surface area contributed by atoms with Gasteiger partial charge in [-0.2, -0.15) is 0 Å². The Kier molecular flexibility index (Phi) is 5.90. The summed E-state index contributed by atoms with van der Waals surface area (Å²) in [5.41, 5.74) is 2.98. The number of carbonyl (C=O) groups is 1. The molecular weight excluding hydrogens is 410 g/mol. The fourth-order valence-corrected chi connectivity index (χ4v) is 4.25. The standard InChI is InChI=1S/C20H21N3O6S/c1-12-7-8-13(2)18-17(12)14(3)19(29-18)20(24)21-9-10-22-30(27,28)16-6-4-5-15(11-16)23(25)26/h4-8,11,22H,9-10H2,1-3H3,(H,21,24). The number of carbonyl (C=O) groups excluding carboxylic acids is 1. The van der Waals surface area contributed by atoms with Gasteiger partial charge in [-0.3, -0.25) is 14.9 Å². The van der Waals surface area contributed by atoms with E-state index in [0.717, 1.165) is 28.1 Å². The average molecular weight is 431 g/mol. The Hall–Kier alpha value is -3.24. The normalized spacial score (nSPS) is 11.6. The number of aryl methyl sites for hydroxylation is 3. The zero-order valence-corrected chi connectivity index (χ0v) is 17.5. The van der Waals surface area contributed by atoms with Gasteiger partial charge in [-0.15, -0.1) is 0 Å². The van der Waals surface area contributed by atoms with E-state index in [0.29, 0.717) is 5.58 Å². The van der Waals surface area contributed by atoms with E-state index in [1.807, 2.05) is 26.0 Å². The fourth-order valence-electron chi connectivity index (χ4n) is 3.18. The number of hydrogen-bond donors (Lipinski definition) is 2. The number of sulfonamides is 1. The van der Waals surface area contributed by atoms with Gasteiger partial charge in [0, 0.05) is 36.2 Å². The van der Waals surface area contributed by atoms with Crippen molar-refractivity contribution in [1.82, 2.24) is 10.0 Å². The molecule has 0 saturated carbocycles. The van der Waals surface area contributed by atoms with E-state index in [1.54, 1.807) is 6.92 Å². The quantitative estimate of drug-likeness (QED) is 0.336. The molecule has 1 heterocycles. The zero-order valence-electron chi connectivity index (χ0n) is 16.7. The molecule has 0 aliphatic heterocycles. The Labute approximate surface area is 173 Å². The third-order valence-corrected chi connectivity index (χ3v) is 6.19. The second kappa shape index (κ2) is 8.25. The molecule has 3 aromatic rings.